The number of hydrogen-bond donors (Lipinski definition) is 1. The van der Waals surface area contributed by atoms with E-state index in [0.29, 0.717) is 18.3 Å². The summed E-state index contributed by atoms with van der Waals surface area (Å²) in [5.74, 6) is 0.943. The number of nitrogens with two attached hydrogens (primary N) is 1. The molecule has 1 aromatic heterocycles. The Morgan fingerprint density at radius 1 is 1.47 bits per heavy atom. The van der Waals surface area contributed by atoms with E-state index in [4.69, 9.17) is 15.0 Å². The summed E-state index contributed by atoms with van der Waals surface area (Å²) in [6, 6.07) is 7.51. The van der Waals surface area contributed by atoms with Crippen LogP contribution in [0.1, 0.15) is 17.4 Å². The Hall–Kier alpha value is -1.72. The van der Waals surface area contributed by atoms with Gasteiger partial charge in [-0.1, -0.05) is 22.9 Å². The van der Waals surface area contributed by atoms with Crippen LogP contribution in [-0.4, -0.2) is 23.9 Å². The van der Waals surface area contributed by atoms with E-state index in [-0.39, 0.29) is 6.04 Å². The maximum Gasteiger partial charge on any atom is 0.257 e. The average molecular weight is 233 g/mol. The minimum atomic E-state index is -0.359. The van der Waals surface area contributed by atoms with Crippen molar-refractivity contribution in [3.8, 4) is 11.5 Å². The van der Waals surface area contributed by atoms with Gasteiger partial charge in [-0.15, -0.1) is 0 Å². The fourth-order valence-electron chi connectivity index (χ4n) is 1.53. The highest BCUT2D eigenvalue weighted by Gasteiger charge is 2.14. The number of rotatable bonds is 4. The molecule has 2 aromatic rings. The Morgan fingerprint density at radius 2 is 2.29 bits per heavy atom. The second-order valence-corrected chi connectivity index (χ2v) is 3.89. The normalized spacial score (nSPS) is 12.6. The molecule has 1 unspecified atom stereocenters. The molecule has 1 aromatic carbocycles. The van der Waals surface area contributed by atoms with Gasteiger partial charge < -0.3 is 15.0 Å². The maximum absolute atomic E-state index is 5.82. The molecule has 0 aliphatic carbocycles. The number of ether oxygens (including phenoxy) is 1. The van der Waals surface area contributed by atoms with Crippen molar-refractivity contribution in [2.45, 2.75) is 13.0 Å². The van der Waals surface area contributed by atoms with Gasteiger partial charge in [0.2, 0.25) is 0 Å². The van der Waals surface area contributed by atoms with E-state index in [1.54, 1.807) is 7.11 Å². The van der Waals surface area contributed by atoms with E-state index < -0.39 is 0 Å². The lowest BCUT2D eigenvalue weighted by Crippen LogP contribution is -2.17. The van der Waals surface area contributed by atoms with Gasteiger partial charge in [-0.05, 0) is 19.1 Å². The van der Waals surface area contributed by atoms with Gasteiger partial charge >= 0.3 is 0 Å². The molecule has 1 heterocycles. The lowest BCUT2D eigenvalue weighted by atomic mass is 10.1. The summed E-state index contributed by atoms with van der Waals surface area (Å²) < 4.78 is 10.1. The quantitative estimate of drug-likeness (QED) is 0.869. The minimum absolute atomic E-state index is 0.359. The Balaban J connectivity index is 2.23. The van der Waals surface area contributed by atoms with Gasteiger partial charge in [-0.25, -0.2) is 0 Å². The minimum Gasteiger partial charge on any atom is -0.383 e. The molecule has 0 fully saturated rings. The number of aromatic nitrogens is 2. The van der Waals surface area contributed by atoms with Gasteiger partial charge in [0.05, 0.1) is 12.6 Å². The molecule has 0 amide bonds. The highest BCUT2D eigenvalue weighted by molar-refractivity contribution is 5.53. The van der Waals surface area contributed by atoms with Crippen LogP contribution < -0.4 is 5.73 Å². The third kappa shape index (κ3) is 2.69. The van der Waals surface area contributed by atoms with Gasteiger partial charge in [0.15, 0.2) is 5.82 Å². The van der Waals surface area contributed by atoms with Crippen molar-refractivity contribution in [3.63, 3.8) is 0 Å². The Morgan fingerprint density at radius 3 is 3.00 bits per heavy atom. The van der Waals surface area contributed by atoms with Crippen molar-refractivity contribution in [1.82, 2.24) is 10.1 Å². The van der Waals surface area contributed by atoms with E-state index in [9.17, 15) is 0 Å². The third-order valence-corrected chi connectivity index (χ3v) is 2.38. The van der Waals surface area contributed by atoms with Gasteiger partial charge in [-0.3, -0.25) is 0 Å². The highest BCUT2D eigenvalue weighted by atomic mass is 16.5. The molecule has 1 atom stereocenters. The summed E-state index contributed by atoms with van der Waals surface area (Å²) >= 11 is 0. The van der Waals surface area contributed by atoms with Crippen molar-refractivity contribution >= 4 is 0 Å². The topological polar surface area (TPSA) is 74.2 Å². The van der Waals surface area contributed by atoms with Crippen LogP contribution in [-0.2, 0) is 4.74 Å². The Bertz CT molecular complexity index is 496. The van der Waals surface area contributed by atoms with E-state index >= 15 is 0 Å². The predicted octanol–water partition coefficient (Wildman–Crippen LogP) is 1.69. The zero-order valence-corrected chi connectivity index (χ0v) is 9.88. The Labute approximate surface area is 99.6 Å². The van der Waals surface area contributed by atoms with Crippen molar-refractivity contribution < 1.29 is 9.26 Å². The molecule has 5 nitrogen and oxygen atoms in total. The first-order valence-corrected chi connectivity index (χ1v) is 5.36. The third-order valence-electron chi connectivity index (χ3n) is 2.38. The number of methoxy groups -OCH3 is 1. The van der Waals surface area contributed by atoms with Crippen LogP contribution in [0, 0.1) is 6.92 Å². The number of nitrogens with zero attached hydrogens (tertiary/aromatic N) is 2. The van der Waals surface area contributed by atoms with Crippen molar-refractivity contribution in [2.75, 3.05) is 13.7 Å². The zero-order chi connectivity index (χ0) is 12.3. The van der Waals surface area contributed by atoms with E-state index in [2.05, 4.69) is 10.1 Å². The van der Waals surface area contributed by atoms with Gasteiger partial charge in [0.25, 0.3) is 5.89 Å². The fraction of sp³-hybridized carbons (Fsp3) is 0.333. The molecule has 0 aliphatic rings. The molecule has 2 N–H and O–H groups in total. The van der Waals surface area contributed by atoms with E-state index in [0.717, 1.165) is 11.1 Å². The van der Waals surface area contributed by atoms with Gasteiger partial charge in [0, 0.05) is 12.7 Å². The van der Waals surface area contributed by atoms with Crippen LogP contribution in [0.5, 0.6) is 0 Å². The second kappa shape index (κ2) is 5.07. The highest BCUT2D eigenvalue weighted by Crippen LogP contribution is 2.19. The summed E-state index contributed by atoms with van der Waals surface area (Å²) in [5.41, 5.74) is 7.86. The van der Waals surface area contributed by atoms with Crippen LogP contribution in [0.2, 0.25) is 0 Å². The SMILES string of the molecule is COCC(N)c1noc(-c2cccc(C)c2)n1. The number of aryl methyl sites for hydroxylation is 1. The molecule has 0 bridgehead atoms. The standard InChI is InChI=1S/C12H15N3O2/c1-8-4-3-5-9(6-8)12-14-11(15-17-12)10(13)7-16-2/h3-6,10H,7,13H2,1-2H3. The molecule has 0 radical (unpaired) electrons. The van der Waals surface area contributed by atoms with E-state index in [1.807, 2.05) is 31.2 Å². The molecule has 17 heavy (non-hydrogen) atoms. The number of hydrogen-bond acceptors (Lipinski definition) is 5. The molecule has 0 saturated carbocycles. The van der Waals surface area contributed by atoms with Crippen LogP contribution in [0.4, 0.5) is 0 Å². The first-order chi connectivity index (χ1) is 8.20. The predicted molar refractivity (Wildman–Crippen MR) is 63.3 cm³/mol. The first-order valence-electron chi connectivity index (χ1n) is 5.36. The van der Waals surface area contributed by atoms with Crippen molar-refractivity contribution in [2.24, 2.45) is 5.73 Å². The summed E-state index contributed by atoms with van der Waals surface area (Å²) in [5, 5.41) is 3.85. The number of benzene rings is 1. The lowest BCUT2D eigenvalue weighted by Gasteiger charge is -2.03. The van der Waals surface area contributed by atoms with Gasteiger partial charge in [0.1, 0.15) is 0 Å². The smallest absolute Gasteiger partial charge is 0.257 e. The van der Waals surface area contributed by atoms with Crippen LogP contribution in [0.25, 0.3) is 11.5 Å². The summed E-state index contributed by atoms with van der Waals surface area (Å²) in [4.78, 5) is 4.26. The van der Waals surface area contributed by atoms with Crippen LogP contribution in [0.15, 0.2) is 28.8 Å². The van der Waals surface area contributed by atoms with Crippen LogP contribution in [0.3, 0.4) is 0 Å². The summed E-state index contributed by atoms with van der Waals surface area (Å²) in [6.07, 6.45) is 0. The van der Waals surface area contributed by atoms with Crippen molar-refractivity contribution in [3.05, 3.63) is 35.7 Å². The largest absolute Gasteiger partial charge is 0.383 e. The fourth-order valence-corrected chi connectivity index (χ4v) is 1.53. The summed E-state index contributed by atoms with van der Waals surface area (Å²) in [7, 11) is 1.58. The molecular weight excluding hydrogens is 218 g/mol. The molecule has 0 aliphatic heterocycles. The lowest BCUT2D eigenvalue weighted by molar-refractivity contribution is 0.177. The monoisotopic (exact) mass is 233 g/mol. The molecule has 5 heteroatoms. The summed E-state index contributed by atoms with van der Waals surface area (Å²) in [6.45, 7) is 2.38. The maximum atomic E-state index is 5.82. The molecule has 0 saturated heterocycles. The molecule has 90 valence electrons. The second-order valence-electron chi connectivity index (χ2n) is 3.89. The van der Waals surface area contributed by atoms with Gasteiger partial charge in [-0.2, -0.15) is 4.98 Å². The Kier molecular flexibility index (Phi) is 3.51. The average Bonchev–Trinajstić information content (AvgIpc) is 2.78. The molecule has 2 rings (SSSR count). The molecular formula is C12H15N3O2. The zero-order valence-electron chi connectivity index (χ0n) is 9.88. The van der Waals surface area contributed by atoms with E-state index in [1.165, 1.54) is 0 Å². The first kappa shape index (κ1) is 11.8. The van der Waals surface area contributed by atoms with Crippen LogP contribution >= 0.6 is 0 Å². The van der Waals surface area contributed by atoms with Crippen molar-refractivity contribution in [1.29, 1.82) is 0 Å². The molecule has 0 spiro atoms.